The third kappa shape index (κ3) is 4.88. The van der Waals surface area contributed by atoms with Crippen LogP contribution in [0.25, 0.3) is 0 Å². The van der Waals surface area contributed by atoms with Crippen molar-refractivity contribution in [2.75, 3.05) is 13.2 Å². The van der Waals surface area contributed by atoms with Crippen LogP contribution in [0.15, 0.2) is 24.3 Å². The van der Waals surface area contributed by atoms with E-state index >= 15 is 0 Å². The lowest BCUT2D eigenvalue weighted by Gasteiger charge is -2.19. The highest BCUT2D eigenvalue weighted by Crippen LogP contribution is 2.19. The van der Waals surface area contributed by atoms with Crippen molar-refractivity contribution in [3.05, 3.63) is 35.6 Å². The summed E-state index contributed by atoms with van der Waals surface area (Å²) in [6, 6.07) is 7.45. The van der Waals surface area contributed by atoms with Crippen molar-refractivity contribution >= 4 is 0 Å². The monoisotopic (exact) mass is 279 g/mol. The summed E-state index contributed by atoms with van der Waals surface area (Å²) in [4.78, 5) is 0. The molecule has 2 nitrogen and oxygen atoms in total. The largest absolute Gasteiger partial charge is 0.378 e. The maximum atomic E-state index is 13.7. The van der Waals surface area contributed by atoms with Crippen LogP contribution in [-0.2, 0) is 11.2 Å². The molecule has 2 unspecified atom stereocenters. The van der Waals surface area contributed by atoms with Crippen molar-refractivity contribution in [3.63, 3.8) is 0 Å². The predicted octanol–water partition coefficient (Wildman–Crippen LogP) is 3.70. The van der Waals surface area contributed by atoms with Gasteiger partial charge in [0, 0.05) is 12.6 Å². The third-order valence-corrected chi connectivity index (χ3v) is 4.02. The minimum Gasteiger partial charge on any atom is -0.378 e. The van der Waals surface area contributed by atoms with Gasteiger partial charge in [0.1, 0.15) is 5.82 Å². The summed E-state index contributed by atoms with van der Waals surface area (Å²) in [6.07, 6.45) is 7.02. The second kappa shape index (κ2) is 8.38. The zero-order chi connectivity index (χ0) is 14.2. The predicted molar refractivity (Wildman–Crippen MR) is 80.4 cm³/mol. The summed E-state index contributed by atoms with van der Waals surface area (Å²) in [6.45, 7) is 3.96. The van der Waals surface area contributed by atoms with Crippen molar-refractivity contribution in [1.29, 1.82) is 0 Å². The van der Waals surface area contributed by atoms with Gasteiger partial charge in [-0.05, 0) is 56.7 Å². The maximum absolute atomic E-state index is 13.7. The van der Waals surface area contributed by atoms with Gasteiger partial charge in [0.05, 0.1) is 6.10 Å². The van der Waals surface area contributed by atoms with Gasteiger partial charge in [0.15, 0.2) is 0 Å². The van der Waals surface area contributed by atoms with Crippen LogP contribution in [0, 0.1) is 5.82 Å². The lowest BCUT2D eigenvalue weighted by atomic mass is 9.99. The summed E-state index contributed by atoms with van der Waals surface area (Å²) in [5.74, 6) is -0.0884. The van der Waals surface area contributed by atoms with Crippen molar-refractivity contribution in [1.82, 2.24) is 5.32 Å². The normalized spacial score (nSPS) is 20.2. The van der Waals surface area contributed by atoms with Crippen LogP contribution in [0.3, 0.4) is 0 Å². The number of benzene rings is 1. The van der Waals surface area contributed by atoms with E-state index in [2.05, 4.69) is 12.2 Å². The number of hydrogen-bond donors (Lipinski definition) is 1. The van der Waals surface area contributed by atoms with Gasteiger partial charge in [-0.25, -0.2) is 4.39 Å². The molecule has 112 valence electrons. The lowest BCUT2D eigenvalue weighted by Crippen LogP contribution is -2.31. The molecule has 20 heavy (non-hydrogen) atoms. The fraction of sp³-hybridized carbons (Fsp3) is 0.647. The zero-order valence-electron chi connectivity index (χ0n) is 12.4. The average molecular weight is 279 g/mol. The molecule has 3 heteroatoms. The molecule has 0 aromatic heterocycles. The first kappa shape index (κ1) is 15.5. The Morgan fingerprint density at radius 1 is 1.40 bits per heavy atom. The standard InChI is InChI=1S/C17H26FNO/c1-2-19-15(8-5-9-16-10-6-12-20-16)13-14-7-3-4-11-17(14)18/h3-4,7,11,15-16,19H,2,5-6,8-10,12-13H2,1H3. The molecule has 0 spiro atoms. The molecule has 1 aliphatic rings. The number of hydrogen-bond acceptors (Lipinski definition) is 2. The van der Waals surface area contributed by atoms with Crippen LogP contribution < -0.4 is 5.32 Å². The summed E-state index contributed by atoms with van der Waals surface area (Å²) in [5.41, 5.74) is 0.815. The fourth-order valence-corrected chi connectivity index (χ4v) is 2.96. The summed E-state index contributed by atoms with van der Waals surface area (Å²) >= 11 is 0. The summed E-state index contributed by atoms with van der Waals surface area (Å²) < 4.78 is 19.4. The van der Waals surface area contributed by atoms with Gasteiger partial charge in [-0.2, -0.15) is 0 Å². The molecule has 2 atom stereocenters. The van der Waals surface area contributed by atoms with E-state index in [4.69, 9.17) is 4.74 Å². The van der Waals surface area contributed by atoms with E-state index in [9.17, 15) is 4.39 Å². The number of ether oxygens (including phenoxy) is 1. The smallest absolute Gasteiger partial charge is 0.126 e. The van der Waals surface area contributed by atoms with E-state index in [1.165, 1.54) is 12.8 Å². The zero-order valence-corrected chi connectivity index (χ0v) is 12.4. The van der Waals surface area contributed by atoms with Gasteiger partial charge in [-0.15, -0.1) is 0 Å². The molecule has 0 bridgehead atoms. The van der Waals surface area contributed by atoms with Crippen LogP contribution in [-0.4, -0.2) is 25.3 Å². The van der Waals surface area contributed by atoms with Crippen LogP contribution in [0.5, 0.6) is 0 Å². The molecule has 1 aliphatic heterocycles. The first-order chi connectivity index (χ1) is 9.79. The number of halogens is 1. The molecular formula is C17H26FNO. The molecule has 0 radical (unpaired) electrons. The molecular weight excluding hydrogens is 253 g/mol. The highest BCUT2D eigenvalue weighted by atomic mass is 19.1. The minimum absolute atomic E-state index is 0.0884. The van der Waals surface area contributed by atoms with E-state index in [1.807, 2.05) is 12.1 Å². The van der Waals surface area contributed by atoms with Gasteiger partial charge in [-0.1, -0.05) is 25.1 Å². The first-order valence-corrected chi connectivity index (χ1v) is 7.88. The molecule has 1 aromatic carbocycles. The highest BCUT2D eigenvalue weighted by molar-refractivity contribution is 5.18. The molecule has 0 aliphatic carbocycles. The second-order valence-corrected chi connectivity index (χ2v) is 5.62. The molecule has 2 rings (SSSR count). The molecule has 1 heterocycles. The van der Waals surface area contributed by atoms with Gasteiger partial charge in [-0.3, -0.25) is 0 Å². The highest BCUT2D eigenvalue weighted by Gasteiger charge is 2.16. The molecule has 1 saturated heterocycles. The van der Waals surface area contributed by atoms with E-state index in [1.54, 1.807) is 12.1 Å². The van der Waals surface area contributed by atoms with E-state index in [-0.39, 0.29) is 5.82 Å². The Labute approximate surface area is 121 Å². The lowest BCUT2D eigenvalue weighted by molar-refractivity contribution is 0.101. The van der Waals surface area contributed by atoms with E-state index in [0.717, 1.165) is 44.4 Å². The van der Waals surface area contributed by atoms with Crippen molar-refractivity contribution in [2.45, 2.75) is 57.6 Å². The van der Waals surface area contributed by atoms with Gasteiger partial charge < -0.3 is 10.1 Å². The second-order valence-electron chi connectivity index (χ2n) is 5.62. The summed E-state index contributed by atoms with van der Waals surface area (Å²) in [7, 11) is 0. The van der Waals surface area contributed by atoms with E-state index in [0.29, 0.717) is 12.1 Å². The Bertz CT molecular complexity index is 390. The fourth-order valence-electron chi connectivity index (χ4n) is 2.96. The van der Waals surface area contributed by atoms with Crippen LogP contribution in [0.4, 0.5) is 4.39 Å². The van der Waals surface area contributed by atoms with Crippen molar-refractivity contribution < 1.29 is 9.13 Å². The number of rotatable bonds is 8. The van der Waals surface area contributed by atoms with Crippen LogP contribution in [0.2, 0.25) is 0 Å². The van der Waals surface area contributed by atoms with Gasteiger partial charge >= 0.3 is 0 Å². The molecule has 1 N–H and O–H groups in total. The van der Waals surface area contributed by atoms with Gasteiger partial charge in [0.2, 0.25) is 0 Å². The summed E-state index contributed by atoms with van der Waals surface area (Å²) in [5, 5.41) is 3.48. The Morgan fingerprint density at radius 2 is 2.25 bits per heavy atom. The number of nitrogens with one attached hydrogen (secondary N) is 1. The molecule has 0 amide bonds. The van der Waals surface area contributed by atoms with Gasteiger partial charge in [0.25, 0.3) is 0 Å². The number of likely N-dealkylation sites (N-methyl/N-ethyl adjacent to an activating group) is 1. The topological polar surface area (TPSA) is 21.3 Å². The third-order valence-electron chi connectivity index (χ3n) is 4.02. The Kier molecular flexibility index (Phi) is 6.48. The quantitative estimate of drug-likeness (QED) is 0.783. The van der Waals surface area contributed by atoms with Crippen molar-refractivity contribution in [2.24, 2.45) is 0 Å². The van der Waals surface area contributed by atoms with Crippen LogP contribution >= 0.6 is 0 Å². The molecule has 0 saturated carbocycles. The Balaban J connectivity index is 1.78. The Morgan fingerprint density at radius 3 is 2.95 bits per heavy atom. The Hall–Kier alpha value is -0.930. The molecule has 1 fully saturated rings. The average Bonchev–Trinajstić information content (AvgIpc) is 2.95. The van der Waals surface area contributed by atoms with Crippen molar-refractivity contribution in [3.8, 4) is 0 Å². The minimum atomic E-state index is -0.0884. The molecule has 1 aromatic rings. The SMILES string of the molecule is CCNC(CCCC1CCCO1)Cc1ccccc1F. The first-order valence-electron chi connectivity index (χ1n) is 7.88. The van der Waals surface area contributed by atoms with E-state index < -0.39 is 0 Å². The van der Waals surface area contributed by atoms with Crippen LogP contribution in [0.1, 0.15) is 44.6 Å². The maximum Gasteiger partial charge on any atom is 0.126 e.